The van der Waals surface area contributed by atoms with Crippen LogP contribution in [-0.2, 0) is 11.8 Å². The van der Waals surface area contributed by atoms with E-state index in [0.29, 0.717) is 32.2 Å². The molecule has 0 aliphatic carbocycles. The van der Waals surface area contributed by atoms with Crippen molar-refractivity contribution in [2.75, 3.05) is 6.54 Å². The van der Waals surface area contributed by atoms with Crippen LogP contribution in [-0.4, -0.2) is 38.5 Å². The molecule has 0 spiro atoms. The Morgan fingerprint density at radius 2 is 2.14 bits per heavy atom. The maximum Gasteiger partial charge on any atom is 0.329 e. The Balaban J connectivity index is 2.38. The van der Waals surface area contributed by atoms with Crippen molar-refractivity contribution in [1.82, 2.24) is 9.47 Å². The number of nitrogens with zero attached hydrogens (tertiary/aromatic N) is 2. The van der Waals surface area contributed by atoms with E-state index < -0.39 is 11.5 Å². The van der Waals surface area contributed by atoms with Crippen molar-refractivity contribution in [3.63, 3.8) is 0 Å². The molecule has 2 heterocycles. The molecule has 6 nitrogen and oxygen atoms in total. The van der Waals surface area contributed by atoms with E-state index in [0.717, 1.165) is 0 Å². The number of pyridine rings is 1. The zero-order valence-electron chi connectivity index (χ0n) is 12.3. The molecule has 1 aromatic rings. The van der Waals surface area contributed by atoms with E-state index >= 15 is 0 Å². The number of likely N-dealkylation sites (tertiary alicyclic amines) is 1. The van der Waals surface area contributed by atoms with Gasteiger partial charge in [-0.05, 0) is 25.3 Å². The van der Waals surface area contributed by atoms with Gasteiger partial charge in [0, 0.05) is 31.4 Å². The predicted octanol–water partition coefficient (Wildman–Crippen LogP) is 1.24. The van der Waals surface area contributed by atoms with Crippen molar-refractivity contribution in [2.45, 2.75) is 38.1 Å². The normalized spacial score (nSPS) is 21.5. The summed E-state index contributed by atoms with van der Waals surface area (Å²) in [6, 6.07) is 2.82. The van der Waals surface area contributed by atoms with Crippen LogP contribution in [0.4, 0.5) is 0 Å². The van der Waals surface area contributed by atoms with E-state index in [1.54, 1.807) is 13.1 Å². The maximum atomic E-state index is 12.6. The van der Waals surface area contributed by atoms with Gasteiger partial charge in [-0.1, -0.05) is 13.3 Å². The van der Waals surface area contributed by atoms with Crippen molar-refractivity contribution < 1.29 is 14.7 Å². The molecular formula is C15H20N2O4. The molecule has 0 bridgehead atoms. The van der Waals surface area contributed by atoms with E-state index in [-0.39, 0.29) is 17.0 Å². The fourth-order valence-corrected chi connectivity index (χ4v) is 3.01. The Morgan fingerprint density at radius 3 is 2.71 bits per heavy atom. The minimum Gasteiger partial charge on any atom is -0.479 e. The number of carbonyl (C=O) groups is 2. The molecular weight excluding hydrogens is 272 g/mol. The average Bonchev–Trinajstić information content (AvgIpc) is 2.86. The first-order valence-electron chi connectivity index (χ1n) is 7.14. The lowest BCUT2D eigenvalue weighted by Crippen LogP contribution is -2.53. The Morgan fingerprint density at radius 1 is 1.43 bits per heavy atom. The van der Waals surface area contributed by atoms with Gasteiger partial charge in [-0.2, -0.15) is 0 Å². The third-order valence-electron chi connectivity index (χ3n) is 4.15. The molecule has 1 aliphatic rings. The molecule has 6 heteroatoms. The number of hydrogen-bond acceptors (Lipinski definition) is 3. The molecule has 21 heavy (non-hydrogen) atoms. The molecule has 1 aromatic heterocycles. The number of carboxylic acids is 1. The van der Waals surface area contributed by atoms with Gasteiger partial charge in [0.15, 0.2) is 0 Å². The molecule has 0 radical (unpaired) electrons. The number of hydrogen-bond donors (Lipinski definition) is 1. The largest absolute Gasteiger partial charge is 0.479 e. The highest BCUT2D eigenvalue weighted by Gasteiger charge is 2.49. The van der Waals surface area contributed by atoms with E-state index in [2.05, 4.69) is 0 Å². The fraction of sp³-hybridized carbons (Fsp3) is 0.533. The second-order valence-electron chi connectivity index (χ2n) is 5.51. The van der Waals surface area contributed by atoms with Crippen LogP contribution in [0.25, 0.3) is 0 Å². The smallest absolute Gasteiger partial charge is 0.329 e. The molecule has 114 valence electrons. The van der Waals surface area contributed by atoms with Gasteiger partial charge in [0.05, 0.1) is 0 Å². The SMILES string of the molecule is CCCC1(C(=O)O)CCCN1C(=O)c1ccn(C)c(=O)c1. The minimum atomic E-state index is -1.13. The van der Waals surface area contributed by atoms with Crippen LogP contribution in [0, 0.1) is 0 Å². The zero-order chi connectivity index (χ0) is 15.6. The van der Waals surface area contributed by atoms with Gasteiger partial charge < -0.3 is 14.6 Å². The Kier molecular flexibility index (Phi) is 4.16. The van der Waals surface area contributed by atoms with Gasteiger partial charge >= 0.3 is 5.97 Å². The van der Waals surface area contributed by atoms with E-state index in [1.165, 1.54) is 21.7 Å². The van der Waals surface area contributed by atoms with Crippen LogP contribution < -0.4 is 5.56 Å². The van der Waals surface area contributed by atoms with E-state index in [9.17, 15) is 19.5 Å². The summed E-state index contributed by atoms with van der Waals surface area (Å²) in [5, 5.41) is 9.60. The van der Waals surface area contributed by atoms with Crippen molar-refractivity contribution in [1.29, 1.82) is 0 Å². The molecule has 1 atom stereocenters. The number of aliphatic carboxylic acids is 1. The number of aromatic nitrogens is 1. The van der Waals surface area contributed by atoms with Crippen LogP contribution in [0.3, 0.4) is 0 Å². The van der Waals surface area contributed by atoms with Gasteiger partial charge in [-0.3, -0.25) is 9.59 Å². The van der Waals surface area contributed by atoms with Crippen molar-refractivity contribution in [3.05, 3.63) is 34.2 Å². The molecule has 1 aliphatic heterocycles. The number of amides is 1. The van der Waals surface area contributed by atoms with E-state index in [1.807, 2.05) is 6.92 Å². The minimum absolute atomic E-state index is 0.252. The van der Waals surface area contributed by atoms with Crippen LogP contribution in [0.2, 0.25) is 0 Å². The predicted molar refractivity (Wildman–Crippen MR) is 77.2 cm³/mol. The van der Waals surface area contributed by atoms with Crippen molar-refractivity contribution >= 4 is 11.9 Å². The number of rotatable bonds is 4. The summed E-state index contributed by atoms with van der Waals surface area (Å²) in [5.74, 6) is -1.33. The third-order valence-corrected chi connectivity index (χ3v) is 4.15. The number of carbonyl (C=O) groups excluding carboxylic acids is 1. The van der Waals surface area contributed by atoms with Crippen LogP contribution in [0.5, 0.6) is 0 Å². The van der Waals surface area contributed by atoms with Crippen molar-refractivity contribution in [3.8, 4) is 0 Å². The lowest BCUT2D eigenvalue weighted by atomic mass is 9.90. The molecule has 2 rings (SSSR count). The standard InChI is InChI=1S/C15H20N2O4/c1-3-6-15(14(20)21)7-4-8-17(15)13(19)11-5-9-16(2)12(18)10-11/h5,9-10H,3-4,6-8H2,1-2H3,(H,20,21). The maximum absolute atomic E-state index is 12.6. The highest BCUT2D eigenvalue weighted by atomic mass is 16.4. The van der Waals surface area contributed by atoms with Gasteiger partial charge in [0.1, 0.15) is 5.54 Å². The third kappa shape index (κ3) is 2.57. The Bertz CT molecular complexity index is 622. The quantitative estimate of drug-likeness (QED) is 0.905. The monoisotopic (exact) mass is 292 g/mol. The second-order valence-corrected chi connectivity index (χ2v) is 5.51. The highest BCUT2D eigenvalue weighted by molar-refractivity contribution is 5.98. The summed E-state index contributed by atoms with van der Waals surface area (Å²) < 4.78 is 1.37. The van der Waals surface area contributed by atoms with Gasteiger partial charge in [-0.15, -0.1) is 0 Å². The molecule has 0 saturated carbocycles. The number of aryl methyl sites for hydroxylation is 1. The Labute approximate surface area is 123 Å². The molecule has 1 fully saturated rings. The van der Waals surface area contributed by atoms with Crippen molar-refractivity contribution in [2.24, 2.45) is 7.05 Å². The lowest BCUT2D eigenvalue weighted by molar-refractivity contribution is -0.148. The Hall–Kier alpha value is -2.11. The molecule has 1 amide bonds. The van der Waals surface area contributed by atoms with Gasteiger partial charge in [-0.25, -0.2) is 4.79 Å². The van der Waals surface area contributed by atoms with Gasteiger partial charge in [0.25, 0.3) is 11.5 Å². The molecule has 1 unspecified atom stereocenters. The van der Waals surface area contributed by atoms with E-state index in [4.69, 9.17) is 0 Å². The number of carboxylic acid groups (broad SMARTS) is 1. The first-order chi connectivity index (χ1) is 9.92. The van der Waals surface area contributed by atoms with Gasteiger partial charge in [0.2, 0.25) is 0 Å². The summed E-state index contributed by atoms with van der Waals surface area (Å²) in [4.78, 5) is 37.4. The first-order valence-corrected chi connectivity index (χ1v) is 7.14. The average molecular weight is 292 g/mol. The van der Waals surface area contributed by atoms with Crippen LogP contribution in [0.1, 0.15) is 43.0 Å². The fourth-order valence-electron chi connectivity index (χ4n) is 3.01. The molecule has 0 aromatic carbocycles. The molecule has 1 saturated heterocycles. The molecule has 1 N–H and O–H groups in total. The highest BCUT2D eigenvalue weighted by Crippen LogP contribution is 2.35. The van der Waals surface area contributed by atoms with Crippen LogP contribution in [0.15, 0.2) is 23.1 Å². The van der Waals surface area contributed by atoms with Crippen LogP contribution >= 0.6 is 0 Å². The summed E-state index contributed by atoms with van der Waals surface area (Å²) in [6.07, 6.45) is 3.77. The lowest BCUT2D eigenvalue weighted by Gasteiger charge is -2.34. The second kappa shape index (κ2) is 5.71. The summed E-state index contributed by atoms with van der Waals surface area (Å²) >= 11 is 0. The summed E-state index contributed by atoms with van der Waals surface area (Å²) in [5.41, 5.74) is -1.16. The summed E-state index contributed by atoms with van der Waals surface area (Å²) in [7, 11) is 1.60. The topological polar surface area (TPSA) is 79.6 Å². The first kappa shape index (κ1) is 15.3. The zero-order valence-corrected chi connectivity index (χ0v) is 12.3. The summed E-state index contributed by atoms with van der Waals surface area (Å²) in [6.45, 7) is 2.32.